The third-order valence-electron chi connectivity index (χ3n) is 12.7. The molecule has 0 unspecified atom stereocenters. The molecule has 2 nitrogen and oxygen atoms in total. The van der Waals surface area contributed by atoms with Crippen molar-refractivity contribution in [3.63, 3.8) is 0 Å². The summed E-state index contributed by atoms with van der Waals surface area (Å²) in [5.74, 6) is 0. The van der Waals surface area contributed by atoms with Gasteiger partial charge in [-0.2, -0.15) is 0 Å². The molecule has 1 aromatic heterocycles. The summed E-state index contributed by atoms with van der Waals surface area (Å²) < 4.78 is 6.68. The van der Waals surface area contributed by atoms with Crippen LogP contribution in [0, 0.1) is 6.92 Å². The minimum Gasteiger partial charge on any atom is -0.456 e. The molecule has 0 N–H and O–H groups in total. The van der Waals surface area contributed by atoms with E-state index in [1.807, 2.05) is 0 Å². The average molecular weight is 846 g/mol. The van der Waals surface area contributed by atoms with Crippen molar-refractivity contribution in [2.24, 2.45) is 0 Å². The molecule has 0 aliphatic carbocycles. The quantitative estimate of drug-likeness (QED) is 0.128. The second-order valence-electron chi connectivity index (χ2n) is 17.0. The van der Waals surface area contributed by atoms with Crippen molar-refractivity contribution in [1.82, 2.24) is 0 Å². The van der Waals surface area contributed by atoms with Crippen LogP contribution in [-0.2, 0) is 0 Å². The Bertz CT molecular complexity index is 3500. The van der Waals surface area contributed by atoms with Crippen LogP contribution in [0.1, 0.15) is 23.6 Å². The van der Waals surface area contributed by atoms with Crippen molar-refractivity contribution in [3.8, 4) is 55.6 Å². The van der Waals surface area contributed by atoms with Gasteiger partial charge < -0.3 is 9.32 Å². The van der Waals surface area contributed by atoms with Crippen molar-refractivity contribution in [1.29, 1.82) is 0 Å². The van der Waals surface area contributed by atoms with Crippen LogP contribution in [0.5, 0.6) is 0 Å². The predicted octanol–water partition coefficient (Wildman–Crippen LogP) is 18.3. The molecular weight excluding hydrogens is 799 g/mol. The molecule has 2 heteroatoms. The van der Waals surface area contributed by atoms with Crippen LogP contribution in [0.4, 0.5) is 17.1 Å². The van der Waals surface area contributed by atoms with Crippen LogP contribution in [0.3, 0.4) is 0 Å². The van der Waals surface area contributed by atoms with Gasteiger partial charge in [-0.25, -0.2) is 0 Å². The molecule has 0 aliphatic heterocycles. The lowest BCUT2D eigenvalue weighted by Gasteiger charge is -2.30. The van der Waals surface area contributed by atoms with Gasteiger partial charge >= 0.3 is 0 Å². The van der Waals surface area contributed by atoms with Gasteiger partial charge in [0.15, 0.2) is 0 Å². The monoisotopic (exact) mass is 845 g/mol. The number of aryl methyl sites for hydroxylation is 1. The first-order valence-electron chi connectivity index (χ1n) is 22.7. The Hall–Kier alpha value is -8.46. The standard InChI is InChI=1S/C64H47NO/c1-44(41-46-19-7-3-8-20-46)61-57(62-45(2)42-60-64(56-29-15-16-32-59(56)66-60)63(62)52-35-33-50(34-36-52)47-21-9-4-10-22-47)30-18-31-58(61)65(54-39-37-51(38-40-54)48-23-11-5-12-24-48)55-28-17-27-53(43-55)49-25-13-6-14-26-49/h3-43H,1-2H3/b44-41-. The molecule has 66 heavy (non-hydrogen) atoms. The lowest BCUT2D eigenvalue weighted by molar-refractivity contribution is 0.668. The fraction of sp³-hybridized carbons (Fsp3) is 0.0312. The molecule has 0 atom stereocenters. The maximum atomic E-state index is 6.68. The zero-order chi connectivity index (χ0) is 44.4. The number of nitrogens with zero attached hydrogens (tertiary/aromatic N) is 1. The smallest absolute Gasteiger partial charge is 0.136 e. The molecule has 0 fully saturated rings. The molecule has 11 aromatic rings. The van der Waals surface area contributed by atoms with Crippen molar-refractivity contribution in [3.05, 3.63) is 259 Å². The maximum absolute atomic E-state index is 6.68. The summed E-state index contributed by atoms with van der Waals surface area (Å²) in [7, 11) is 0. The highest BCUT2D eigenvalue weighted by molar-refractivity contribution is 6.17. The van der Waals surface area contributed by atoms with Gasteiger partial charge in [0.05, 0.1) is 5.69 Å². The molecular formula is C64H47NO. The summed E-state index contributed by atoms with van der Waals surface area (Å²) in [6.07, 6.45) is 2.33. The van der Waals surface area contributed by atoms with E-state index >= 15 is 0 Å². The molecule has 0 aliphatic rings. The third kappa shape index (κ3) is 7.69. The zero-order valence-electron chi connectivity index (χ0n) is 37.0. The number of furan rings is 1. The van der Waals surface area contributed by atoms with E-state index in [9.17, 15) is 0 Å². The number of allylic oxidation sites excluding steroid dienone is 1. The molecule has 1 heterocycles. The van der Waals surface area contributed by atoms with E-state index in [0.717, 1.165) is 83.5 Å². The minimum atomic E-state index is 0.878. The minimum absolute atomic E-state index is 0.878. The van der Waals surface area contributed by atoms with Crippen LogP contribution >= 0.6 is 0 Å². The topological polar surface area (TPSA) is 16.4 Å². The van der Waals surface area contributed by atoms with E-state index in [4.69, 9.17) is 4.42 Å². The van der Waals surface area contributed by atoms with E-state index in [-0.39, 0.29) is 0 Å². The fourth-order valence-corrected chi connectivity index (χ4v) is 9.65. The van der Waals surface area contributed by atoms with Crippen LogP contribution in [0.25, 0.3) is 89.2 Å². The normalized spacial score (nSPS) is 11.6. The predicted molar refractivity (Wildman–Crippen MR) is 280 cm³/mol. The molecule has 0 bridgehead atoms. The molecule has 10 aromatic carbocycles. The van der Waals surface area contributed by atoms with Gasteiger partial charge in [-0.15, -0.1) is 0 Å². The summed E-state index contributed by atoms with van der Waals surface area (Å²) in [6, 6.07) is 87.1. The van der Waals surface area contributed by atoms with Crippen LogP contribution in [0.15, 0.2) is 247 Å². The highest BCUT2D eigenvalue weighted by Crippen LogP contribution is 2.50. The molecule has 0 amide bonds. The zero-order valence-corrected chi connectivity index (χ0v) is 37.0. The maximum Gasteiger partial charge on any atom is 0.136 e. The lowest BCUT2D eigenvalue weighted by atomic mass is 9.83. The van der Waals surface area contributed by atoms with E-state index < -0.39 is 0 Å². The Labute approximate surface area is 387 Å². The number of hydrogen-bond acceptors (Lipinski definition) is 2. The van der Waals surface area contributed by atoms with Crippen molar-refractivity contribution >= 4 is 50.6 Å². The Kier molecular flexibility index (Phi) is 10.8. The van der Waals surface area contributed by atoms with E-state index in [1.54, 1.807) is 0 Å². The summed E-state index contributed by atoms with van der Waals surface area (Å²) in [4.78, 5) is 2.44. The molecule has 0 radical (unpaired) electrons. The highest BCUT2D eigenvalue weighted by Gasteiger charge is 2.26. The Morgan fingerprint density at radius 3 is 1.58 bits per heavy atom. The summed E-state index contributed by atoms with van der Waals surface area (Å²) in [6.45, 7) is 4.50. The van der Waals surface area contributed by atoms with Gasteiger partial charge in [-0.05, 0) is 123 Å². The second-order valence-corrected chi connectivity index (χ2v) is 17.0. The first kappa shape index (κ1) is 40.3. The van der Waals surface area contributed by atoms with Crippen LogP contribution in [-0.4, -0.2) is 0 Å². The molecule has 0 saturated carbocycles. The largest absolute Gasteiger partial charge is 0.456 e. The van der Waals surface area contributed by atoms with Gasteiger partial charge in [-0.3, -0.25) is 0 Å². The SMILES string of the molecule is C/C(=C/c1ccccc1)c1c(-c2c(C)cc3oc4ccccc4c3c2-c2ccc(-c3ccccc3)cc2)cccc1N(c1ccc(-c2ccccc2)cc1)c1cccc(-c2ccccc2)c1. The van der Waals surface area contributed by atoms with Gasteiger partial charge in [0.1, 0.15) is 11.2 Å². The number of benzene rings is 10. The summed E-state index contributed by atoms with van der Waals surface area (Å²) in [5.41, 5.74) is 21.2. The van der Waals surface area contributed by atoms with Crippen LogP contribution < -0.4 is 4.90 Å². The van der Waals surface area contributed by atoms with E-state index in [1.165, 1.54) is 33.4 Å². The van der Waals surface area contributed by atoms with Gasteiger partial charge in [0, 0.05) is 33.3 Å². The Balaban J connectivity index is 1.20. The van der Waals surface area contributed by atoms with Crippen molar-refractivity contribution < 1.29 is 4.42 Å². The van der Waals surface area contributed by atoms with E-state index in [2.05, 4.69) is 267 Å². The summed E-state index contributed by atoms with van der Waals surface area (Å²) >= 11 is 0. The molecule has 314 valence electrons. The average Bonchev–Trinajstić information content (AvgIpc) is 3.75. The molecule has 0 spiro atoms. The first-order valence-corrected chi connectivity index (χ1v) is 22.7. The van der Waals surface area contributed by atoms with Gasteiger partial charge in [0.25, 0.3) is 0 Å². The summed E-state index contributed by atoms with van der Waals surface area (Å²) in [5, 5.41) is 2.21. The third-order valence-corrected chi connectivity index (χ3v) is 12.7. The number of hydrogen-bond donors (Lipinski definition) is 0. The second kappa shape index (κ2) is 17.6. The Morgan fingerprint density at radius 2 is 0.924 bits per heavy atom. The molecule has 11 rings (SSSR count). The van der Waals surface area contributed by atoms with Gasteiger partial charge in [-0.1, -0.05) is 206 Å². The number of fused-ring (bicyclic) bond motifs is 3. The van der Waals surface area contributed by atoms with Crippen molar-refractivity contribution in [2.75, 3.05) is 4.90 Å². The van der Waals surface area contributed by atoms with Gasteiger partial charge in [0.2, 0.25) is 0 Å². The number of rotatable bonds is 10. The van der Waals surface area contributed by atoms with Crippen LogP contribution in [0.2, 0.25) is 0 Å². The number of para-hydroxylation sites is 1. The fourth-order valence-electron chi connectivity index (χ4n) is 9.65. The van der Waals surface area contributed by atoms with E-state index in [0.29, 0.717) is 0 Å². The Morgan fingerprint density at radius 1 is 0.409 bits per heavy atom. The molecule has 0 saturated heterocycles. The highest BCUT2D eigenvalue weighted by atomic mass is 16.3. The number of anilines is 3. The first-order chi connectivity index (χ1) is 32.6. The van der Waals surface area contributed by atoms with Crippen molar-refractivity contribution in [2.45, 2.75) is 13.8 Å². The lowest BCUT2D eigenvalue weighted by Crippen LogP contribution is -2.13.